The predicted molar refractivity (Wildman–Crippen MR) is 67.8 cm³/mol. The number of aryl methyl sites for hydroxylation is 2. The molecule has 6 heteroatoms. The largest absolute Gasteiger partial charge is 0.291 e. The molecule has 1 N–H and O–H groups in total. The Hall–Kier alpha value is -1.69. The van der Waals surface area contributed by atoms with Gasteiger partial charge in [0.1, 0.15) is 6.33 Å². The van der Waals surface area contributed by atoms with E-state index in [2.05, 4.69) is 31.3 Å². The number of aromatic nitrogens is 3. The highest BCUT2D eigenvalue weighted by Gasteiger charge is 2.12. The molecule has 0 fully saturated rings. The fourth-order valence-electron chi connectivity index (χ4n) is 1.42. The van der Waals surface area contributed by atoms with Gasteiger partial charge in [-0.2, -0.15) is 10.1 Å². The van der Waals surface area contributed by atoms with E-state index in [1.165, 1.54) is 11.0 Å². The number of halogens is 1. The van der Waals surface area contributed by atoms with Crippen LogP contribution in [-0.2, 0) is 7.05 Å². The molecule has 0 spiro atoms. The van der Waals surface area contributed by atoms with Gasteiger partial charge in [0.25, 0.3) is 5.91 Å². The van der Waals surface area contributed by atoms with Crippen molar-refractivity contribution < 1.29 is 4.79 Å². The molecule has 2 rings (SSSR count). The van der Waals surface area contributed by atoms with E-state index >= 15 is 0 Å². The van der Waals surface area contributed by atoms with Crippen LogP contribution in [0.5, 0.6) is 0 Å². The van der Waals surface area contributed by atoms with Crippen LogP contribution in [0.4, 0.5) is 5.95 Å². The standard InChI is InChI=1S/C11H11BrN4O/c1-7-3-4-8(12)5-9(7)10(17)15-11-13-6-14-16(11)2/h3-6H,1-2H3,(H,13,14,15,17). The summed E-state index contributed by atoms with van der Waals surface area (Å²) >= 11 is 3.34. The van der Waals surface area contributed by atoms with Crippen LogP contribution in [0.25, 0.3) is 0 Å². The molecule has 0 radical (unpaired) electrons. The van der Waals surface area contributed by atoms with Gasteiger partial charge in [-0.05, 0) is 24.6 Å². The molecule has 1 aromatic heterocycles. The maximum absolute atomic E-state index is 12.0. The van der Waals surface area contributed by atoms with Crippen molar-refractivity contribution in [2.45, 2.75) is 6.92 Å². The van der Waals surface area contributed by atoms with E-state index in [-0.39, 0.29) is 5.91 Å². The molecule has 0 bridgehead atoms. The summed E-state index contributed by atoms with van der Waals surface area (Å²) in [6, 6.07) is 5.56. The summed E-state index contributed by atoms with van der Waals surface area (Å²) in [5.41, 5.74) is 1.52. The van der Waals surface area contributed by atoms with Crippen molar-refractivity contribution in [3.63, 3.8) is 0 Å². The number of benzene rings is 1. The number of nitrogens with zero attached hydrogens (tertiary/aromatic N) is 3. The highest BCUT2D eigenvalue weighted by atomic mass is 79.9. The molecule has 1 amide bonds. The molecule has 0 aliphatic rings. The summed E-state index contributed by atoms with van der Waals surface area (Å²) in [6.45, 7) is 1.89. The van der Waals surface area contributed by atoms with Crippen LogP contribution in [0.2, 0.25) is 0 Å². The minimum Gasteiger partial charge on any atom is -0.291 e. The Balaban J connectivity index is 2.26. The van der Waals surface area contributed by atoms with Gasteiger partial charge in [0, 0.05) is 17.1 Å². The maximum Gasteiger partial charge on any atom is 0.258 e. The molecule has 0 saturated heterocycles. The highest BCUT2D eigenvalue weighted by molar-refractivity contribution is 9.10. The number of carbonyl (C=O) groups excluding carboxylic acids is 1. The Labute approximate surface area is 107 Å². The fraction of sp³-hybridized carbons (Fsp3) is 0.182. The molecule has 0 aliphatic carbocycles. The Morgan fingerprint density at radius 2 is 2.24 bits per heavy atom. The zero-order valence-electron chi connectivity index (χ0n) is 9.44. The Bertz CT molecular complexity index is 564. The monoisotopic (exact) mass is 294 g/mol. The molecule has 0 aliphatic heterocycles. The molecule has 1 heterocycles. The Morgan fingerprint density at radius 3 is 2.88 bits per heavy atom. The average molecular weight is 295 g/mol. The number of hydrogen-bond acceptors (Lipinski definition) is 3. The third-order valence-corrected chi connectivity index (χ3v) is 2.87. The van der Waals surface area contributed by atoms with Gasteiger partial charge in [0.05, 0.1) is 0 Å². The first-order valence-electron chi connectivity index (χ1n) is 4.99. The van der Waals surface area contributed by atoms with Crippen LogP contribution >= 0.6 is 15.9 Å². The van der Waals surface area contributed by atoms with Crippen molar-refractivity contribution in [3.05, 3.63) is 40.1 Å². The number of rotatable bonds is 2. The SMILES string of the molecule is Cc1ccc(Br)cc1C(=O)Nc1ncnn1C. The van der Waals surface area contributed by atoms with Crippen molar-refractivity contribution in [2.75, 3.05) is 5.32 Å². The van der Waals surface area contributed by atoms with E-state index in [9.17, 15) is 4.79 Å². The first-order chi connectivity index (χ1) is 8.08. The number of hydrogen-bond donors (Lipinski definition) is 1. The summed E-state index contributed by atoms with van der Waals surface area (Å²) in [5, 5.41) is 6.59. The molecule has 88 valence electrons. The first kappa shape index (κ1) is 11.8. The minimum atomic E-state index is -0.195. The molecule has 1 aromatic carbocycles. The molecule has 0 saturated carbocycles. The summed E-state index contributed by atoms with van der Waals surface area (Å²) in [6.07, 6.45) is 1.39. The maximum atomic E-state index is 12.0. The second-order valence-electron chi connectivity index (χ2n) is 3.62. The lowest BCUT2D eigenvalue weighted by molar-refractivity contribution is 0.102. The van der Waals surface area contributed by atoms with Crippen LogP contribution in [-0.4, -0.2) is 20.7 Å². The topological polar surface area (TPSA) is 59.8 Å². The van der Waals surface area contributed by atoms with Gasteiger partial charge in [-0.3, -0.25) is 10.1 Å². The van der Waals surface area contributed by atoms with Gasteiger partial charge in [0.2, 0.25) is 5.95 Å². The molecule has 2 aromatic rings. The van der Waals surface area contributed by atoms with Crippen LogP contribution < -0.4 is 5.32 Å². The van der Waals surface area contributed by atoms with E-state index < -0.39 is 0 Å². The number of amides is 1. The lowest BCUT2D eigenvalue weighted by Gasteiger charge is -2.07. The van der Waals surface area contributed by atoms with Crippen molar-refractivity contribution in [1.82, 2.24) is 14.8 Å². The number of anilines is 1. The Morgan fingerprint density at radius 1 is 1.47 bits per heavy atom. The predicted octanol–water partition coefficient (Wildman–Crippen LogP) is 2.14. The highest BCUT2D eigenvalue weighted by Crippen LogP contribution is 2.17. The molecule has 0 atom stereocenters. The molecule has 5 nitrogen and oxygen atoms in total. The van der Waals surface area contributed by atoms with E-state index in [0.29, 0.717) is 11.5 Å². The van der Waals surface area contributed by atoms with Crippen molar-refractivity contribution in [1.29, 1.82) is 0 Å². The fourth-order valence-corrected chi connectivity index (χ4v) is 1.78. The number of carbonyl (C=O) groups is 1. The van der Waals surface area contributed by atoms with Crippen LogP contribution in [0.15, 0.2) is 29.0 Å². The van der Waals surface area contributed by atoms with Crippen molar-refractivity contribution >= 4 is 27.8 Å². The summed E-state index contributed by atoms with van der Waals surface area (Å²) < 4.78 is 2.37. The van der Waals surface area contributed by atoms with Gasteiger partial charge in [-0.15, -0.1) is 0 Å². The van der Waals surface area contributed by atoms with E-state index in [1.807, 2.05) is 19.1 Å². The van der Waals surface area contributed by atoms with Crippen molar-refractivity contribution in [3.8, 4) is 0 Å². The molecular formula is C11H11BrN4O. The quantitative estimate of drug-likeness (QED) is 0.923. The smallest absolute Gasteiger partial charge is 0.258 e. The lowest BCUT2D eigenvalue weighted by Crippen LogP contribution is -2.16. The average Bonchev–Trinajstić information content (AvgIpc) is 2.68. The van der Waals surface area contributed by atoms with E-state index in [0.717, 1.165) is 10.0 Å². The molecule has 17 heavy (non-hydrogen) atoms. The summed E-state index contributed by atoms with van der Waals surface area (Å²) in [4.78, 5) is 16.0. The van der Waals surface area contributed by atoms with Gasteiger partial charge in [-0.1, -0.05) is 22.0 Å². The van der Waals surface area contributed by atoms with Crippen molar-refractivity contribution in [2.24, 2.45) is 7.05 Å². The second-order valence-corrected chi connectivity index (χ2v) is 4.54. The van der Waals surface area contributed by atoms with Gasteiger partial charge in [-0.25, -0.2) is 4.68 Å². The second kappa shape index (κ2) is 4.67. The normalized spacial score (nSPS) is 10.3. The van der Waals surface area contributed by atoms with Gasteiger partial charge >= 0.3 is 0 Å². The molecule has 0 unspecified atom stereocenters. The summed E-state index contributed by atoms with van der Waals surface area (Å²) in [7, 11) is 1.72. The molecular weight excluding hydrogens is 284 g/mol. The lowest BCUT2D eigenvalue weighted by atomic mass is 10.1. The zero-order valence-corrected chi connectivity index (χ0v) is 11.0. The van der Waals surface area contributed by atoms with Crippen LogP contribution in [0.1, 0.15) is 15.9 Å². The van der Waals surface area contributed by atoms with Gasteiger partial charge in [0.15, 0.2) is 0 Å². The van der Waals surface area contributed by atoms with Crippen LogP contribution in [0, 0.1) is 6.92 Å². The Kier molecular flexibility index (Phi) is 3.23. The zero-order chi connectivity index (χ0) is 12.4. The first-order valence-corrected chi connectivity index (χ1v) is 5.78. The van der Waals surface area contributed by atoms with E-state index in [1.54, 1.807) is 13.1 Å². The van der Waals surface area contributed by atoms with Crippen LogP contribution in [0.3, 0.4) is 0 Å². The minimum absolute atomic E-state index is 0.195. The van der Waals surface area contributed by atoms with E-state index in [4.69, 9.17) is 0 Å². The third-order valence-electron chi connectivity index (χ3n) is 2.38. The van der Waals surface area contributed by atoms with Gasteiger partial charge < -0.3 is 0 Å². The third kappa shape index (κ3) is 2.52. The summed E-state index contributed by atoms with van der Waals surface area (Å²) in [5.74, 6) is 0.231. The number of nitrogens with one attached hydrogen (secondary N) is 1.